The first-order chi connectivity index (χ1) is 9.65. The number of hydrogen-bond acceptors (Lipinski definition) is 4. The molecule has 20 heavy (non-hydrogen) atoms. The van der Waals surface area contributed by atoms with E-state index in [0.29, 0.717) is 12.5 Å². The van der Waals surface area contributed by atoms with E-state index in [1.807, 2.05) is 16.8 Å². The van der Waals surface area contributed by atoms with Gasteiger partial charge in [0.2, 0.25) is 0 Å². The lowest BCUT2D eigenvalue weighted by atomic mass is 10.0. The molecular weight excluding hydrogens is 252 g/mol. The minimum absolute atomic E-state index is 0.0670. The van der Waals surface area contributed by atoms with Gasteiger partial charge in [-0.2, -0.15) is 5.10 Å². The largest absolute Gasteiger partial charge is 0.493 e. The molecule has 1 aromatic carbocycles. The van der Waals surface area contributed by atoms with Gasteiger partial charge in [-0.25, -0.2) is 9.67 Å². The number of fused-ring (bicyclic) bond motifs is 1. The lowest BCUT2D eigenvalue weighted by Gasteiger charge is -2.15. The maximum absolute atomic E-state index is 6.33. The Labute approximate surface area is 118 Å². The molecule has 0 spiro atoms. The fraction of sp³-hybridized carbons (Fsp3) is 0.467. The van der Waals surface area contributed by atoms with Crippen LogP contribution in [0.15, 0.2) is 24.5 Å². The Morgan fingerprint density at radius 3 is 3.05 bits per heavy atom. The third-order valence-corrected chi connectivity index (χ3v) is 3.68. The van der Waals surface area contributed by atoms with Gasteiger partial charge in [-0.05, 0) is 31.0 Å². The smallest absolute Gasteiger partial charge is 0.138 e. The van der Waals surface area contributed by atoms with Crippen molar-refractivity contribution in [2.45, 2.75) is 38.8 Å². The summed E-state index contributed by atoms with van der Waals surface area (Å²) in [4.78, 5) is 4.32. The summed E-state index contributed by atoms with van der Waals surface area (Å²) in [5.74, 6) is 1.93. The molecule has 2 heterocycles. The van der Waals surface area contributed by atoms with Gasteiger partial charge < -0.3 is 10.5 Å². The number of nitrogens with two attached hydrogens (primary N) is 1. The zero-order valence-electron chi connectivity index (χ0n) is 11.9. The first kappa shape index (κ1) is 13.1. The lowest BCUT2D eigenvalue weighted by molar-refractivity contribution is 0.357. The fourth-order valence-corrected chi connectivity index (χ4v) is 2.60. The van der Waals surface area contributed by atoms with E-state index in [1.54, 1.807) is 6.33 Å². The Morgan fingerprint density at radius 1 is 1.40 bits per heavy atom. The molecule has 1 unspecified atom stereocenters. The number of ether oxygens (including phenoxy) is 1. The van der Waals surface area contributed by atoms with Crippen LogP contribution in [0.2, 0.25) is 0 Å². The van der Waals surface area contributed by atoms with Crippen molar-refractivity contribution >= 4 is 0 Å². The molecule has 1 aliphatic heterocycles. The Balaban J connectivity index is 1.79. The van der Waals surface area contributed by atoms with E-state index in [9.17, 15) is 0 Å². The van der Waals surface area contributed by atoms with Crippen LogP contribution in [-0.2, 0) is 12.8 Å². The summed E-state index contributed by atoms with van der Waals surface area (Å²) in [6.45, 7) is 4.96. The van der Waals surface area contributed by atoms with Gasteiger partial charge in [0.15, 0.2) is 0 Å². The second-order valence-corrected chi connectivity index (χ2v) is 5.49. The van der Waals surface area contributed by atoms with Crippen molar-refractivity contribution in [1.29, 1.82) is 0 Å². The van der Waals surface area contributed by atoms with Crippen LogP contribution >= 0.6 is 0 Å². The Kier molecular flexibility index (Phi) is 3.44. The molecule has 2 aromatic rings. The third-order valence-electron chi connectivity index (χ3n) is 3.68. The highest BCUT2D eigenvalue weighted by Crippen LogP contribution is 2.28. The third kappa shape index (κ3) is 2.41. The fourth-order valence-electron chi connectivity index (χ4n) is 2.60. The molecule has 0 bridgehead atoms. The van der Waals surface area contributed by atoms with E-state index in [4.69, 9.17) is 10.5 Å². The molecule has 0 saturated heterocycles. The summed E-state index contributed by atoms with van der Waals surface area (Å²) in [5.41, 5.74) is 8.71. The van der Waals surface area contributed by atoms with E-state index < -0.39 is 0 Å². The van der Waals surface area contributed by atoms with Crippen LogP contribution in [0, 0.1) is 0 Å². The predicted molar refractivity (Wildman–Crippen MR) is 76.7 cm³/mol. The lowest BCUT2D eigenvalue weighted by Crippen LogP contribution is -2.18. The monoisotopic (exact) mass is 272 g/mol. The highest BCUT2D eigenvalue weighted by Gasteiger charge is 2.17. The average Bonchev–Trinajstić information content (AvgIpc) is 3.05. The van der Waals surface area contributed by atoms with Crippen LogP contribution in [0.5, 0.6) is 5.75 Å². The molecule has 5 heteroatoms. The van der Waals surface area contributed by atoms with Crippen molar-refractivity contribution in [2.75, 3.05) is 6.61 Å². The second-order valence-electron chi connectivity index (χ2n) is 5.49. The first-order valence-corrected chi connectivity index (χ1v) is 7.04. The minimum Gasteiger partial charge on any atom is -0.493 e. The minimum atomic E-state index is -0.0670. The van der Waals surface area contributed by atoms with E-state index >= 15 is 0 Å². The molecule has 0 radical (unpaired) electrons. The maximum Gasteiger partial charge on any atom is 0.138 e. The molecule has 2 N–H and O–H groups in total. The van der Waals surface area contributed by atoms with E-state index in [0.717, 1.165) is 30.2 Å². The summed E-state index contributed by atoms with van der Waals surface area (Å²) in [7, 11) is 0. The van der Waals surface area contributed by atoms with Crippen LogP contribution in [0.25, 0.3) is 0 Å². The number of nitrogens with zero attached hydrogens (tertiary/aromatic N) is 3. The van der Waals surface area contributed by atoms with Gasteiger partial charge in [-0.15, -0.1) is 0 Å². The van der Waals surface area contributed by atoms with Crippen molar-refractivity contribution in [3.63, 3.8) is 0 Å². The summed E-state index contributed by atoms with van der Waals surface area (Å²) in [5, 5.41) is 4.25. The van der Waals surface area contributed by atoms with Crippen LogP contribution in [0.1, 0.15) is 42.9 Å². The van der Waals surface area contributed by atoms with Gasteiger partial charge in [0.25, 0.3) is 0 Å². The SMILES string of the molecule is CC(C)n1ncnc1CC(N)c1ccc2c(c1)CCO2. The molecule has 5 nitrogen and oxygen atoms in total. The van der Waals surface area contributed by atoms with Gasteiger partial charge in [-0.1, -0.05) is 12.1 Å². The zero-order chi connectivity index (χ0) is 14.1. The molecule has 3 rings (SSSR count). The molecule has 1 aromatic heterocycles. The van der Waals surface area contributed by atoms with Gasteiger partial charge >= 0.3 is 0 Å². The predicted octanol–water partition coefficient (Wildman–Crippen LogP) is 2.04. The summed E-state index contributed by atoms with van der Waals surface area (Å²) in [6.07, 6.45) is 3.26. The van der Waals surface area contributed by atoms with Crippen LogP contribution < -0.4 is 10.5 Å². The number of hydrogen-bond donors (Lipinski definition) is 1. The van der Waals surface area contributed by atoms with Crippen LogP contribution in [-0.4, -0.2) is 21.4 Å². The molecule has 0 fully saturated rings. The molecular formula is C15H20N4O. The van der Waals surface area contributed by atoms with Crippen molar-refractivity contribution < 1.29 is 4.74 Å². The van der Waals surface area contributed by atoms with Crippen LogP contribution in [0.3, 0.4) is 0 Å². The molecule has 0 aliphatic carbocycles. The van der Waals surface area contributed by atoms with E-state index in [1.165, 1.54) is 5.56 Å². The Bertz CT molecular complexity index is 606. The van der Waals surface area contributed by atoms with Gasteiger partial charge in [-0.3, -0.25) is 0 Å². The summed E-state index contributed by atoms with van der Waals surface area (Å²) in [6, 6.07) is 6.45. The van der Waals surface area contributed by atoms with E-state index in [-0.39, 0.29) is 6.04 Å². The summed E-state index contributed by atoms with van der Waals surface area (Å²) >= 11 is 0. The number of benzene rings is 1. The normalized spacial score (nSPS) is 15.2. The molecule has 106 valence electrons. The van der Waals surface area contributed by atoms with Crippen molar-refractivity contribution in [3.05, 3.63) is 41.5 Å². The number of aromatic nitrogens is 3. The van der Waals surface area contributed by atoms with Crippen molar-refractivity contribution in [3.8, 4) is 5.75 Å². The Morgan fingerprint density at radius 2 is 2.25 bits per heavy atom. The van der Waals surface area contributed by atoms with Crippen LogP contribution in [0.4, 0.5) is 0 Å². The maximum atomic E-state index is 6.33. The zero-order valence-corrected chi connectivity index (χ0v) is 11.9. The van der Waals surface area contributed by atoms with E-state index in [2.05, 4.69) is 30.0 Å². The number of rotatable bonds is 4. The standard InChI is InChI=1S/C15H20N4O/c1-10(2)19-15(17-9-18-19)8-13(16)11-3-4-14-12(7-11)5-6-20-14/h3-4,7,9-10,13H,5-6,8,16H2,1-2H3. The van der Waals surface area contributed by atoms with Crippen molar-refractivity contribution in [1.82, 2.24) is 14.8 Å². The highest BCUT2D eigenvalue weighted by atomic mass is 16.5. The highest BCUT2D eigenvalue weighted by molar-refractivity contribution is 5.40. The summed E-state index contributed by atoms with van der Waals surface area (Å²) < 4.78 is 7.45. The molecule has 1 atom stereocenters. The Hall–Kier alpha value is -1.88. The molecule has 0 amide bonds. The van der Waals surface area contributed by atoms with Gasteiger partial charge in [0, 0.05) is 24.9 Å². The quantitative estimate of drug-likeness (QED) is 0.925. The van der Waals surface area contributed by atoms with Gasteiger partial charge in [0.1, 0.15) is 17.9 Å². The molecule has 1 aliphatic rings. The molecule has 0 saturated carbocycles. The van der Waals surface area contributed by atoms with Gasteiger partial charge in [0.05, 0.1) is 6.61 Å². The first-order valence-electron chi connectivity index (χ1n) is 7.04. The van der Waals surface area contributed by atoms with Crippen molar-refractivity contribution in [2.24, 2.45) is 5.73 Å². The topological polar surface area (TPSA) is 66.0 Å². The average molecular weight is 272 g/mol. The second kappa shape index (κ2) is 5.25.